The van der Waals surface area contributed by atoms with Gasteiger partial charge in [0.15, 0.2) is 0 Å². The average molecular weight is 295 g/mol. The van der Waals surface area contributed by atoms with E-state index in [2.05, 4.69) is 15.4 Å². The molecule has 8 heteroatoms. The molecule has 21 heavy (non-hydrogen) atoms. The van der Waals surface area contributed by atoms with Crippen LogP contribution in [0.3, 0.4) is 0 Å². The number of benzene rings is 1. The van der Waals surface area contributed by atoms with E-state index < -0.39 is 17.3 Å². The third kappa shape index (κ3) is 3.72. The standard InChI is InChI=1S/C13H12F3N5/c1-9(6-21-8-18-7-19-21)20-11-2-3-12(13(14,15)16)10(4-11)5-17/h2-4,7-9,20H,6H2,1H3. The van der Waals surface area contributed by atoms with Crippen molar-refractivity contribution in [3.63, 3.8) is 0 Å². The molecule has 0 aliphatic carbocycles. The summed E-state index contributed by atoms with van der Waals surface area (Å²) in [5, 5.41) is 15.8. The molecule has 0 saturated heterocycles. The zero-order valence-corrected chi connectivity index (χ0v) is 11.1. The van der Waals surface area contributed by atoms with E-state index in [0.29, 0.717) is 12.2 Å². The second kappa shape index (κ2) is 5.83. The minimum Gasteiger partial charge on any atom is -0.381 e. The quantitative estimate of drug-likeness (QED) is 0.941. The molecule has 0 radical (unpaired) electrons. The third-order valence-electron chi connectivity index (χ3n) is 2.79. The fourth-order valence-corrected chi connectivity index (χ4v) is 1.91. The van der Waals surface area contributed by atoms with Gasteiger partial charge >= 0.3 is 6.18 Å². The minimum atomic E-state index is -4.53. The van der Waals surface area contributed by atoms with Crippen molar-refractivity contribution >= 4 is 5.69 Å². The summed E-state index contributed by atoms with van der Waals surface area (Å²) in [4.78, 5) is 3.80. The van der Waals surface area contributed by atoms with Gasteiger partial charge in [0.25, 0.3) is 0 Å². The van der Waals surface area contributed by atoms with Crippen LogP contribution in [0.2, 0.25) is 0 Å². The van der Waals surface area contributed by atoms with Gasteiger partial charge in [0, 0.05) is 11.7 Å². The first-order valence-corrected chi connectivity index (χ1v) is 6.10. The summed E-state index contributed by atoms with van der Waals surface area (Å²) in [5.41, 5.74) is -0.882. The Bertz CT molecular complexity index is 643. The number of nitrogens with one attached hydrogen (secondary N) is 1. The lowest BCUT2D eigenvalue weighted by Crippen LogP contribution is -2.22. The Morgan fingerprint density at radius 3 is 2.76 bits per heavy atom. The molecule has 2 aromatic rings. The van der Waals surface area contributed by atoms with Crippen LogP contribution >= 0.6 is 0 Å². The SMILES string of the molecule is CC(Cn1cncn1)Nc1ccc(C(F)(F)F)c(C#N)c1. The first kappa shape index (κ1) is 14.8. The van der Waals surface area contributed by atoms with E-state index in [9.17, 15) is 13.2 Å². The predicted octanol–water partition coefficient (Wildman–Crippen LogP) is 2.67. The molecule has 1 unspecified atom stereocenters. The summed E-state index contributed by atoms with van der Waals surface area (Å²) in [6.07, 6.45) is -1.58. The highest BCUT2D eigenvalue weighted by molar-refractivity contribution is 5.54. The topological polar surface area (TPSA) is 66.5 Å². The molecular formula is C13H12F3N5. The lowest BCUT2D eigenvalue weighted by molar-refractivity contribution is -0.137. The molecule has 1 heterocycles. The number of hydrogen-bond acceptors (Lipinski definition) is 4. The van der Waals surface area contributed by atoms with E-state index in [1.807, 2.05) is 6.92 Å². The molecule has 0 aliphatic rings. The number of anilines is 1. The molecule has 0 fully saturated rings. The first-order chi connectivity index (χ1) is 9.90. The maximum absolute atomic E-state index is 12.7. The van der Waals surface area contributed by atoms with E-state index in [-0.39, 0.29) is 6.04 Å². The fraction of sp³-hybridized carbons (Fsp3) is 0.308. The largest absolute Gasteiger partial charge is 0.417 e. The number of nitrogens with zero attached hydrogens (tertiary/aromatic N) is 4. The highest BCUT2D eigenvalue weighted by atomic mass is 19.4. The van der Waals surface area contributed by atoms with Crippen molar-refractivity contribution in [3.05, 3.63) is 42.0 Å². The van der Waals surface area contributed by atoms with Gasteiger partial charge in [0.05, 0.1) is 23.7 Å². The van der Waals surface area contributed by atoms with Crippen LogP contribution in [0.4, 0.5) is 18.9 Å². The van der Waals surface area contributed by atoms with Gasteiger partial charge in [-0.2, -0.15) is 23.5 Å². The molecular weight excluding hydrogens is 283 g/mol. The Morgan fingerprint density at radius 1 is 1.43 bits per heavy atom. The zero-order valence-electron chi connectivity index (χ0n) is 11.1. The predicted molar refractivity (Wildman–Crippen MR) is 69.3 cm³/mol. The van der Waals surface area contributed by atoms with Crippen LogP contribution in [-0.4, -0.2) is 20.8 Å². The lowest BCUT2D eigenvalue weighted by Gasteiger charge is -2.16. The summed E-state index contributed by atoms with van der Waals surface area (Å²) in [6, 6.07) is 4.89. The van der Waals surface area contributed by atoms with Crippen molar-refractivity contribution < 1.29 is 13.2 Å². The first-order valence-electron chi connectivity index (χ1n) is 6.10. The maximum Gasteiger partial charge on any atom is 0.417 e. The summed E-state index contributed by atoms with van der Waals surface area (Å²) in [7, 11) is 0. The highest BCUT2D eigenvalue weighted by Gasteiger charge is 2.33. The third-order valence-corrected chi connectivity index (χ3v) is 2.79. The van der Waals surface area contributed by atoms with Crippen LogP contribution in [0.15, 0.2) is 30.9 Å². The van der Waals surface area contributed by atoms with Crippen LogP contribution in [-0.2, 0) is 12.7 Å². The van der Waals surface area contributed by atoms with Gasteiger partial charge in [-0.1, -0.05) is 0 Å². The Kier molecular flexibility index (Phi) is 4.12. The van der Waals surface area contributed by atoms with Gasteiger partial charge in [-0.25, -0.2) is 4.98 Å². The van der Waals surface area contributed by atoms with Gasteiger partial charge in [0.2, 0.25) is 0 Å². The van der Waals surface area contributed by atoms with Gasteiger partial charge < -0.3 is 5.32 Å². The van der Waals surface area contributed by atoms with E-state index in [4.69, 9.17) is 5.26 Å². The molecule has 0 saturated carbocycles. The molecule has 110 valence electrons. The van der Waals surface area contributed by atoms with Crippen LogP contribution in [0.5, 0.6) is 0 Å². The van der Waals surface area contributed by atoms with Crippen molar-refractivity contribution in [1.82, 2.24) is 14.8 Å². The number of halogens is 3. The highest BCUT2D eigenvalue weighted by Crippen LogP contribution is 2.33. The molecule has 0 amide bonds. The molecule has 1 aromatic carbocycles. The van der Waals surface area contributed by atoms with E-state index in [1.54, 1.807) is 17.1 Å². The van der Waals surface area contributed by atoms with Crippen LogP contribution in [0, 0.1) is 11.3 Å². The van der Waals surface area contributed by atoms with Crippen molar-refractivity contribution in [1.29, 1.82) is 5.26 Å². The van der Waals surface area contributed by atoms with Gasteiger partial charge in [-0.15, -0.1) is 0 Å². The number of alkyl halides is 3. The number of hydrogen-bond donors (Lipinski definition) is 1. The smallest absolute Gasteiger partial charge is 0.381 e. The Hall–Kier alpha value is -2.56. The molecule has 1 aromatic heterocycles. The zero-order chi connectivity index (χ0) is 15.5. The monoisotopic (exact) mass is 295 g/mol. The Morgan fingerprint density at radius 2 is 2.19 bits per heavy atom. The summed E-state index contributed by atoms with van der Waals surface area (Å²) in [6.45, 7) is 2.36. The second-order valence-electron chi connectivity index (χ2n) is 4.53. The number of aromatic nitrogens is 3. The molecule has 0 bridgehead atoms. The number of rotatable bonds is 4. The van der Waals surface area contributed by atoms with Crippen LogP contribution < -0.4 is 5.32 Å². The molecule has 1 atom stereocenters. The van der Waals surface area contributed by atoms with Crippen molar-refractivity contribution in [2.24, 2.45) is 0 Å². The van der Waals surface area contributed by atoms with Gasteiger partial charge in [-0.3, -0.25) is 4.68 Å². The average Bonchev–Trinajstić information content (AvgIpc) is 2.89. The Balaban J connectivity index is 2.13. The lowest BCUT2D eigenvalue weighted by atomic mass is 10.1. The molecule has 2 rings (SSSR count). The van der Waals surface area contributed by atoms with Crippen molar-refractivity contribution in [2.45, 2.75) is 25.7 Å². The van der Waals surface area contributed by atoms with Gasteiger partial charge in [-0.05, 0) is 25.1 Å². The Labute approximate surface area is 119 Å². The summed E-state index contributed by atoms with van der Waals surface area (Å²) < 4.78 is 39.7. The summed E-state index contributed by atoms with van der Waals surface area (Å²) in [5.74, 6) is 0. The van der Waals surface area contributed by atoms with E-state index in [1.165, 1.54) is 18.5 Å². The normalized spacial score (nSPS) is 12.7. The van der Waals surface area contributed by atoms with Crippen molar-refractivity contribution in [2.75, 3.05) is 5.32 Å². The summed E-state index contributed by atoms with van der Waals surface area (Å²) >= 11 is 0. The molecule has 0 spiro atoms. The minimum absolute atomic E-state index is 0.0880. The van der Waals surface area contributed by atoms with Gasteiger partial charge in [0.1, 0.15) is 12.7 Å². The van der Waals surface area contributed by atoms with E-state index >= 15 is 0 Å². The van der Waals surface area contributed by atoms with E-state index in [0.717, 1.165) is 6.07 Å². The maximum atomic E-state index is 12.7. The molecule has 0 aliphatic heterocycles. The fourth-order valence-electron chi connectivity index (χ4n) is 1.91. The van der Waals surface area contributed by atoms with Crippen molar-refractivity contribution in [3.8, 4) is 6.07 Å². The number of nitriles is 1. The molecule has 1 N–H and O–H groups in total. The second-order valence-corrected chi connectivity index (χ2v) is 4.53. The molecule has 5 nitrogen and oxygen atoms in total. The van der Waals surface area contributed by atoms with Crippen LogP contribution in [0.1, 0.15) is 18.1 Å². The van der Waals surface area contributed by atoms with Crippen LogP contribution in [0.25, 0.3) is 0 Å².